The highest BCUT2D eigenvalue weighted by molar-refractivity contribution is 7.99. The monoisotopic (exact) mass is 314 g/mol. The van der Waals surface area contributed by atoms with Crippen LogP contribution in [0.3, 0.4) is 0 Å². The third-order valence-electron chi connectivity index (χ3n) is 2.96. The molecule has 0 aliphatic carbocycles. The number of carboxylic acid groups (broad SMARTS) is 1. The summed E-state index contributed by atoms with van der Waals surface area (Å²) in [6.07, 6.45) is 3.81. The normalized spacial score (nSPS) is 11.8. The molecule has 120 valence electrons. The highest BCUT2D eigenvalue weighted by atomic mass is 32.2. The Morgan fingerprint density at radius 1 is 0.850 bits per heavy atom. The first kappa shape index (κ1) is 19.6. The summed E-state index contributed by atoms with van der Waals surface area (Å²) in [5, 5.41) is 8.46. The smallest absolute Gasteiger partial charge is 0.389 e. The average Bonchev–Trinajstić information content (AvgIpc) is 2.33. The second kappa shape index (κ2) is 12.4. The minimum Gasteiger partial charge on any atom is -0.481 e. The molecule has 0 spiro atoms. The molecule has 0 aromatic heterocycles. The molecular weight excluding hydrogens is 289 g/mol. The Labute approximate surface area is 123 Å². The number of halogens is 3. The molecule has 0 fully saturated rings. The van der Waals surface area contributed by atoms with E-state index in [-0.39, 0.29) is 12.2 Å². The van der Waals surface area contributed by atoms with E-state index in [0.29, 0.717) is 0 Å². The second-order valence-corrected chi connectivity index (χ2v) is 6.17. The van der Waals surface area contributed by atoms with Crippen LogP contribution in [0.1, 0.15) is 64.2 Å². The molecular formula is C14H25F3O2S. The van der Waals surface area contributed by atoms with Gasteiger partial charge in [-0.1, -0.05) is 38.5 Å². The summed E-state index contributed by atoms with van der Waals surface area (Å²) in [6.45, 7) is 0. The Balaban J connectivity index is 3.05. The zero-order valence-corrected chi connectivity index (χ0v) is 12.7. The fourth-order valence-corrected chi connectivity index (χ4v) is 2.82. The van der Waals surface area contributed by atoms with E-state index in [4.69, 9.17) is 5.11 Å². The van der Waals surface area contributed by atoms with Gasteiger partial charge in [-0.3, -0.25) is 4.79 Å². The molecule has 0 atom stereocenters. The van der Waals surface area contributed by atoms with Crippen LogP contribution in [0.2, 0.25) is 0 Å². The van der Waals surface area contributed by atoms with Gasteiger partial charge in [0.1, 0.15) is 0 Å². The second-order valence-electron chi connectivity index (χ2n) is 4.95. The summed E-state index contributed by atoms with van der Waals surface area (Å²) in [6, 6.07) is 0. The van der Waals surface area contributed by atoms with E-state index in [2.05, 4.69) is 0 Å². The number of rotatable bonds is 13. The predicted molar refractivity (Wildman–Crippen MR) is 77.2 cm³/mol. The number of hydrogen-bond acceptors (Lipinski definition) is 2. The Morgan fingerprint density at radius 2 is 1.35 bits per heavy atom. The van der Waals surface area contributed by atoms with Crippen molar-refractivity contribution < 1.29 is 23.1 Å². The van der Waals surface area contributed by atoms with Crippen molar-refractivity contribution in [3.8, 4) is 0 Å². The van der Waals surface area contributed by atoms with E-state index < -0.39 is 18.6 Å². The molecule has 0 aliphatic rings. The minimum atomic E-state index is -4.02. The molecule has 0 saturated heterocycles. The van der Waals surface area contributed by atoms with Crippen LogP contribution in [0.4, 0.5) is 13.2 Å². The topological polar surface area (TPSA) is 37.3 Å². The fourth-order valence-electron chi connectivity index (χ4n) is 1.83. The minimum absolute atomic E-state index is 0.174. The molecule has 0 bridgehead atoms. The van der Waals surface area contributed by atoms with Gasteiger partial charge >= 0.3 is 12.1 Å². The molecule has 0 amide bonds. The number of aliphatic carboxylic acids is 1. The maximum Gasteiger partial charge on any atom is 0.389 e. The molecule has 20 heavy (non-hydrogen) atoms. The quantitative estimate of drug-likeness (QED) is 0.471. The number of hydrogen-bond donors (Lipinski definition) is 1. The van der Waals surface area contributed by atoms with E-state index in [1.807, 2.05) is 0 Å². The molecule has 2 nitrogen and oxygen atoms in total. The number of thioether (sulfide) groups is 1. The molecule has 0 rings (SSSR count). The molecule has 0 saturated carbocycles. The van der Waals surface area contributed by atoms with Crippen LogP contribution in [0.25, 0.3) is 0 Å². The van der Waals surface area contributed by atoms with Crippen molar-refractivity contribution in [1.82, 2.24) is 0 Å². The van der Waals surface area contributed by atoms with Crippen LogP contribution in [0.15, 0.2) is 0 Å². The Kier molecular flexibility index (Phi) is 12.1. The molecule has 0 heterocycles. The molecule has 1 N–H and O–H groups in total. The van der Waals surface area contributed by atoms with Gasteiger partial charge in [0, 0.05) is 12.2 Å². The van der Waals surface area contributed by atoms with Gasteiger partial charge in [-0.2, -0.15) is 24.9 Å². The van der Waals surface area contributed by atoms with E-state index in [9.17, 15) is 18.0 Å². The molecule has 0 radical (unpaired) electrons. The van der Waals surface area contributed by atoms with E-state index in [1.54, 1.807) is 0 Å². The zero-order valence-electron chi connectivity index (χ0n) is 11.9. The first-order valence-corrected chi connectivity index (χ1v) is 8.43. The summed E-state index contributed by atoms with van der Waals surface area (Å²) in [5.74, 6) is 0.259. The molecule has 0 aromatic rings. The van der Waals surface area contributed by atoms with Crippen LogP contribution in [0.5, 0.6) is 0 Å². The highest BCUT2D eigenvalue weighted by Gasteiger charge is 2.25. The summed E-state index contributed by atoms with van der Waals surface area (Å²) < 4.78 is 35.6. The Bertz CT molecular complexity index is 245. The van der Waals surface area contributed by atoms with Crippen molar-refractivity contribution in [2.75, 3.05) is 11.5 Å². The third kappa shape index (κ3) is 17.6. The lowest BCUT2D eigenvalue weighted by atomic mass is 10.1. The SMILES string of the molecule is O=C(O)CCCCCCCCCCSCCC(F)(F)F. The van der Waals surface area contributed by atoms with E-state index >= 15 is 0 Å². The summed E-state index contributed by atoms with van der Waals surface area (Å²) in [4.78, 5) is 10.3. The zero-order chi connectivity index (χ0) is 15.3. The maximum absolute atomic E-state index is 11.9. The lowest BCUT2D eigenvalue weighted by molar-refractivity contribution is -0.137. The lowest BCUT2D eigenvalue weighted by Gasteiger charge is -2.05. The number of carbonyl (C=O) groups is 1. The van der Waals surface area contributed by atoms with Gasteiger partial charge in [-0.15, -0.1) is 0 Å². The van der Waals surface area contributed by atoms with Crippen molar-refractivity contribution in [2.24, 2.45) is 0 Å². The van der Waals surface area contributed by atoms with Crippen LogP contribution >= 0.6 is 11.8 Å². The van der Waals surface area contributed by atoms with E-state index in [0.717, 1.165) is 57.1 Å². The largest absolute Gasteiger partial charge is 0.481 e. The van der Waals surface area contributed by atoms with Crippen LogP contribution in [-0.4, -0.2) is 28.8 Å². The average molecular weight is 314 g/mol. The van der Waals surface area contributed by atoms with Crippen molar-refractivity contribution in [1.29, 1.82) is 0 Å². The molecule has 0 aliphatic heterocycles. The number of unbranched alkanes of at least 4 members (excludes halogenated alkanes) is 7. The lowest BCUT2D eigenvalue weighted by Crippen LogP contribution is -2.08. The highest BCUT2D eigenvalue weighted by Crippen LogP contribution is 2.22. The van der Waals surface area contributed by atoms with Gasteiger partial charge in [-0.05, 0) is 18.6 Å². The van der Waals surface area contributed by atoms with Gasteiger partial charge in [-0.25, -0.2) is 0 Å². The standard InChI is InChI=1S/C14H25F3O2S/c15-14(16,17)10-12-20-11-8-6-4-2-1-3-5-7-9-13(18)19/h1-12H2,(H,18,19). The van der Waals surface area contributed by atoms with Gasteiger partial charge in [0.15, 0.2) is 0 Å². The first-order chi connectivity index (χ1) is 9.42. The molecule has 0 aromatic carbocycles. The Hall–Kier alpha value is -0.390. The van der Waals surface area contributed by atoms with Gasteiger partial charge < -0.3 is 5.11 Å². The molecule has 0 unspecified atom stereocenters. The third-order valence-corrected chi connectivity index (χ3v) is 4.03. The van der Waals surface area contributed by atoms with Gasteiger partial charge in [0.2, 0.25) is 0 Å². The number of alkyl halides is 3. The fraction of sp³-hybridized carbons (Fsp3) is 0.929. The Morgan fingerprint density at radius 3 is 1.85 bits per heavy atom. The van der Waals surface area contributed by atoms with E-state index in [1.165, 1.54) is 11.8 Å². The van der Waals surface area contributed by atoms with Crippen molar-refractivity contribution in [3.63, 3.8) is 0 Å². The first-order valence-electron chi connectivity index (χ1n) is 7.28. The summed E-state index contributed by atoms with van der Waals surface area (Å²) in [7, 11) is 0. The van der Waals surface area contributed by atoms with Crippen LogP contribution in [-0.2, 0) is 4.79 Å². The van der Waals surface area contributed by atoms with Crippen molar-refractivity contribution in [2.45, 2.75) is 70.4 Å². The number of carboxylic acids is 1. The molecule has 6 heteroatoms. The van der Waals surface area contributed by atoms with Crippen molar-refractivity contribution >= 4 is 17.7 Å². The van der Waals surface area contributed by atoms with Crippen molar-refractivity contribution in [3.05, 3.63) is 0 Å². The predicted octanol–water partition coefficient (Wildman–Crippen LogP) is 5.27. The summed E-state index contributed by atoms with van der Waals surface area (Å²) in [5.41, 5.74) is 0. The van der Waals surface area contributed by atoms with Crippen LogP contribution in [0, 0.1) is 0 Å². The van der Waals surface area contributed by atoms with Crippen LogP contribution < -0.4 is 0 Å². The van der Waals surface area contributed by atoms with Gasteiger partial charge in [0.25, 0.3) is 0 Å². The van der Waals surface area contributed by atoms with Gasteiger partial charge in [0.05, 0.1) is 6.42 Å². The summed E-state index contributed by atoms with van der Waals surface area (Å²) >= 11 is 1.38. The maximum atomic E-state index is 11.9.